The monoisotopic (exact) mass is 218 g/mol. The third kappa shape index (κ3) is 3.30. The number of esters is 1. The van der Waals surface area contributed by atoms with Gasteiger partial charge in [-0.15, -0.1) is 0 Å². The van der Waals surface area contributed by atoms with Crippen molar-refractivity contribution in [3.8, 4) is 11.8 Å². The fourth-order valence-corrected chi connectivity index (χ4v) is 1.19. The van der Waals surface area contributed by atoms with E-state index in [-0.39, 0.29) is 0 Å². The minimum atomic E-state index is -0.413. The molecule has 1 aromatic carbocycles. The normalized spacial score (nSPS) is 9.12. The largest absolute Gasteiger partial charge is 0.465 e. The van der Waals surface area contributed by atoms with Crippen LogP contribution in [0, 0.1) is 11.8 Å². The number of nitrogen functional groups attached to an aromatic ring is 1. The van der Waals surface area contributed by atoms with Gasteiger partial charge in [0.1, 0.15) is 0 Å². The lowest BCUT2D eigenvalue weighted by molar-refractivity contribution is 0.0601. The van der Waals surface area contributed by atoms with Gasteiger partial charge in [0.15, 0.2) is 0 Å². The first-order valence-corrected chi connectivity index (χ1v) is 4.79. The fraction of sp³-hybridized carbons (Fsp3) is 0.250. The summed E-state index contributed by atoms with van der Waals surface area (Å²) in [6.45, 7) is 0.586. The summed E-state index contributed by atoms with van der Waals surface area (Å²) < 4.78 is 4.62. The third-order valence-electron chi connectivity index (χ3n) is 1.87. The van der Waals surface area contributed by atoms with E-state index in [1.807, 2.05) is 7.05 Å². The van der Waals surface area contributed by atoms with E-state index in [2.05, 4.69) is 21.9 Å². The molecule has 0 atom stereocenters. The molecule has 0 unspecified atom stereocenters. The van der Waals surface area contributed by atoms with Crippen LogP contribution in [0.4, 0.5) is 5.69 Å². The molecular formula is C12H14N2O2. The van der Waals surface area contributed by atoms with Gasteiger partial charge in [0.2, 0.25) is 0 Å². The summed E-state index contributed by atoms with van der Waals surface area (Å²) in [5.74, 6) is 5.39. The van der Waals surface area contributed by atoms with Crippen molar-refractivity contribution in [2.45, 2.75) is 0 Å². The van der Waals surface area contributed by atoms with Crippen LogP contribution in [-0.4, -0.2) is 26.7 Å². The van der Waals surface area contributed by atoms with E-state index < -0.39 is 5.97 Å². The Morgan fingerprint density at radius 3 is 2.88 bits per heavy atom. The van der Waals surface area contributed by atoms with E-state index in [9.17, 15) is 4.79 Å². The highest BCUT2D eigenvalue weighted by Crippen LogP contribution is 2.12. The summed E-state index contributed by atoms with van der Waals surface area (Å²) in [4.78, 5) is 11.3. The number of hydrogen-bond donors (Lipinski definition) is 2. The average molecular weight is 218 g/mol. The van der Waals surface area contributed by atoms with E-state index in [1.54, 1.807) is 18.2 Å². The molecule has 4 heteroatoms. The Kier molecular flexibility index (Phi) is 4.37. The van der Waals surface area contributed by atoms with Crippen molar-refractivity contribution in [2.24, 2.45) is 0 Å². The number of hydrogen-bond acceptors (Lipinski definition) is 4. The second-order valence-electron chi connectivity index (χ2n) is 3.17. The molecule has 0 aliphatic heterocycles. The van der Waals surface area contributed by atoms with E-state index >= 15 is 0 Å². The number of carbonyl (C=O) groups is 1. The zero-order valence-electron chi connectivity index (χ0n) is 9.33. The van der Waals surface area contributed by atoms with E-state index in [0.717, 1.165) is 0 Å². The number of benzene rings is 1. The molecular weight excluding hydrogens is 204 g/mol. The van der Waals surface area contributed by atoms with Gasteiger partial charge in [0, 0.05) is 11.3 Å². The van der Waals surface area contributed by atoms with Crippen LogP contribution >= 0.6 is 0 Å². The maximum atomic E-state index is 11.3. The van der Waals surface area contributed by atoms with E-state index in [4.69, 9.17) is 5.73 Å². The first-order valence-electron chi connectivity index (χ1n) is 4.79. The fourth-order valence-electron chi connectivity index (χ4n) is 1.19. The van der Waals surface area contributed by atoms with Crippen molar-refractivity contribution in [1.82, 2.24) is 5.32 Å². The number of carbonyl (C=O) groups excluding carboxylic acids is 1. The van der Waals surface area contributed by atoms with Gasteiger partial charge in [0.25, 0.3) is 0 Å². The molecule has 1 aromatic rings. The Labute approximate surface area is 94.8 Å². The molecule has 0 saturated heterocycles. The molecule has 0 aliphatic carbocycles. The van der Waals surface area contributed by atoms with Crippen LogP contribution < -0.4 is 11.1 Å². The van der Waals surface area contributed by atoms with Crippen molar-refractivity contribution < 1.29 is 9.53 Å². The van der Waals surface area contributed by atoms with E-state index in [1.165, 1.54) is 7.11 Å². The van der Waals surface area contributed by atoms with Crippen LogP contribution in [0.3, 0.4) is 0 Å². The molecule has 4 nitrogen and oxygen atoms in total. The van der Waals surface area contributed by atoms with Crippen molar-refractivity contribution in [3.63, 3.8) is 0 Å². The number of anilines is 1. The zero-order chi connectivity index (χ0) is 12.0. The second kappa shape index (κ2) is 5.79. The molecule has 16 heavy (non-hydrogen) atoms. The molecule has 0 heterocycles. The lowest BCUT2D eigenvalue weighted by Crippen LogP contribution is -2.05. The van der Waals surface area contributed by atoms with Crippen LogP contribution in [0.2, 0.25) is 0 Å². The van der Waals surface area contributed by atoms with Gasteiger partial charge in [-0.05, 0) is 25.2 Å². The van der Waals surface area contributed by atoms with Crippen LogP contribution in [0.15, 0.2) is 18.2 Å². The van der Waals surface area contributed by atoms with E-state index in [0.29, 0.717) is 23.4 Å². The Morgan fingerprint density at radius 1 is 1.50 bits per heavy atom. The molecule has 0 saturated carbocycles. The lowest BCUT2D eigenvalue weighted by atomic mass is 10.1. The molecule has 3 N–H and O–H groups in total. The van der Waals surface area contributed by atoms with Gasteiger partial charge in [-0.25, -0.2) is 4.79 Å². The van der Waals surface area contributed by atoms with Gasteiger partial charge in [-0.3, -0.25) is 0 Å². The van der Waals surface area contributed by atoms with Gasteiger partial charge in [-0.1, -0.05) is 11.8 Å². The van der Waals surface area contributed by atoms with Crippen LogP contribution in [0.25, 0.3) is 0 Å². The maximum Gasteiger partial charge on any atom is 0.337 e. The predicted octanol–water partition coefficient (Wildman–Crippen LogP) is 0.626. The minimum Gasteiger partial charge on any atom is -0.465 e. The summed E-state index contributed by atoms with van der Waals surface area (Å²) >= 11 is 0. The summed E-state index contributed by atoms with van der Waals surface area (Å²) in [6, 6.07) is 4.94. The molecule has 0 bridgehead atoms. The highest BCUT2D eigenvalue weighted by Gasteiger charge is 2.06. The van der Waals surface area contributed by atoms with Crippen LogP contribution in [0.5, 0.6) is 0 Å². The molecule has 0 amide bonds. The highest BCUT2D eigenvalue weighted by atomic mass is 16.5. The van der Waals surface area contributed by atoms with Crippen molar-refractivity contribution in [3.05, 3.63) is 29.3 Å². The van der Waals surface area contributed by atoms with Gasteiger partial charge in [-0.2, -0.15) is 0 Å². The Morgan fingerprint density at radius 2 is 2.25 bits per heavy atom. The van der Waals surface area contributed by atoms with Gasteiger partial charge >= 0.3 is 5.97 Å². The van der Waals surface area contributed by atoms with Crippen molar-refractivity contribution in [1.29, 1.82) is 0 Å². The van der Waals surface area contributed by atoms with Gasteiger partial charge < -0.3 is 15.8 Å². The summed E-state index contributed by atoms with van der Waals surface area (Å²) in [5.41, 5.74) is 7.28. The summed E-state index contributed by atoms with van der Waals surface area (Å²) in [6.07, 6.45) is 0. The first-order chi connectivity index (χ1) is 7.67. The van der Waals surface area contributed by atoms with Crippen LogP contribution in [0.1, 0.15) is 15.9 Å². The number of ether oxygens (including phenoxy) is 1. The second-order valence-corrected chi connectivity index (χ2v) is 3.17. The third-order valence-corrected chi connectivity index (χ3v) is 1.87. The standard InChI is InChI=1S/C12H14N2O2/c1-14-5-3-4-9-6-10(12(15)16-2)8-11(13)7-9/h6-8,14H,5,13H2,1-2H3. The van der Waals surface area contributed by atoms with Crippen molar-refractivity contribution in [2.75, 3.05) is 26.4 Å². The number of nitrogens with one attached hydrogen (secondary N) is 1. The quantitative estimate of drug-likeness (QED) is 0.434. The SMILES string of the molecule is CNCC#Cc1cc(N)cc(C(=O)OC)c1. The maximum absolute atomic E-state index is 11.3. The molecule has 0 spiro atoms. The minimum absolute atomic E-state index is 0.413. The molecule has 0 aliphatic rings. The Bertz CT molecular complexity index is 444. The topological polar surface area (TPSA) is 64.3 Å². The molecule has 0 radical (unpaired) electrons. The van der Waals surface area contributed by atoms with Gasteiger partial charge in [0.05, 0.1) is 19.2 Å². The number of nitrogens with two attached hydrogens (primary N) is 1. The first kappa shape index (κ1) is 12.1. The Hall–Kier alpha value is -1.99. The molecule has 0 aromatic heterocycles. The average Bonchev–Trinajstić information content (AvgIpc) is 2.27. The Balaban J connectivity index is 3.00. The zero-order valence-corrected chi connectivity index (χ0v) is 9.33. The number of methoxy groups -OCH3 is 1. The number of rotatable bonds is 2. The molecule has 84 valence electrons. The predicted molar refractivity (Wildman–Crippen MR) is 63.0 cm³/mol. The smallest absolute Gasteiger partial charge is 0.337 e. The summed E-state index contributed by atoms with van der Waals surface area (Å²) in [5, 5.41) is 2.90. The van der Waals surface area contributed by atoms with Crippen molar-refractivity contribution >= 4 is 11.7 Å². The summed E-state index contributed by atoms with van der Waals surface area (Å²) in [7, 11) is 3.14. The molecule has 0 fully saturated rings. The molecule has 1 rings (SSSR count). The highest BCUT2D eigenvalue weighted by molar-refractivity contribution is 5.90. The lowest BCUT2D eigenvalue weighted by Gasteiger charge is -2.01. The van der Waals surface area contributed by atoms with Crippen LogP contribution in [-0.2, 0) is 4.74 Å².